The number of halogens is 1. The summed E-state index contributed by atoms with van der Waals surface area (Å²) in [5.74, 6) is -0.726. The number of rotatable bonds is 2. The number of carboxylic acids is 1. The highest BCUT2D eigenvalue weighted by Crippen LogP contribution is 2.31. The molecule has 0 radical (unpaired) electrons. The Morgan fingerprint density at radius 3 is 2.53 bits per heavy atom. The second-order valence-electron chi connectivity index (χ2n) is 5.06. The number of aromatic carboxylic acids is 1. The van der Waals surface area contributed by atoms with Gasteiger partial charge in [-0.3, -0.25) is 0 Å². The summed E-state index contributed by atoms with van der Waals surface area (Å²) in [6.07, 6.45) is 1.52. The van der Waals surface area contributed by atoms with Gasteiger partial charge < -0.3 is 5.11 Å². The molecular formula is C12H13ClN4O2. The maximum Gasteiger partial charge on any atom is 0.340 e. The average Bonchev–Trinajstić information content (AvgIpc) is 2.68. The molecule has 7 heteroatoms. The van der Waals surface area contributed by atoms with Gasteiger partial charge in [0.1, 0.15) is 10.7 Å². The monoisotopic (exact) mass is 280 g/mol. The molecule has 19 heavy (non-hydrogen) atoms. The average molecular weight is 281 g/mol. The third-order valence-corrected chi connectivity index (χ3v) is 2.88. The lowest BCUT2D eigenvalue weighted by Crippen LogP contribution is -2.16. The molecule has 2 heterocycles. The molecule has 0 aliphatic rings. The molecule has 0 fully saturated rings. The summed E-state index contributed by atoms with van der Waals surface area (Å²) in [5.41, 5.74) is -0.0272. The highest BCUT2D eigenvalue weighted by molar-refractivity contribution is 6.33. The van der Waals surface area contributed by atoms with Crippen molar-refractivity contribution < 1.29 is 9.90 Å². The minimum atomic E-state index is -1.11. The molecule has 0 aliphatic heterocycles. The molecule has 0 amide bonds. The largest absolute Gasteiger partial charge is 0.478 e. The first-order chi connectivity index (χ1) is 8.82. The van der Waals surface area contributed by atoms with E-state index in [-0.39, 0.29) is 10.7 Å². The van der Waals surface area contributed by atoms with Crippen molar-refractivity contribution in [3.8, 4) is 5.82 Å². The molecule has 0 saturated carbocycles. The fourth-order valence-electron chi connectivity index (χ4n) is 1.67. The van der Waals surface area contributed by atoms with E-state index < -0.39 is 11.4 Å². The van der Waals surface area contributed by atoms with Crippen molar-refractivity contribution >= 4 is 17.6 Å². The maximum atomic E-state index is 11.4. The van der Waals surface area contributed by atoms with Crippen molar-refractivity contribution in [2.75, 3.05) is 0 Å². The Morgan fingerprint density at radius 2 is 2.11 bits per heavy atom. The quantitative estimate of drug-likeness (QED) is 0.913. The maximum absolute atomic E-state index is 11.4. The molecule has 0 unspecified atom stereocenters. The standard InChI is InChI=1S/C12H13ClN4O2/c1-12(2,3)9-8(11(18)19)10(13)17(16-9)7-5-4-6-14-15-7/h4-6H,1-3H3,(H,18,19). The number of carbonyl (C=O) groups is 1. The second-order valence-corrected chi connectivity index (χ2v) is 5.42. The van der Waals surface area contributed by atoms with Gasteiger partial charge in [0.2, 0.25) is 0 Å². The van der Waals surface area contributed by atoms with Gasteiger partial charge in [-0.1, -0.05) is 32.4 Å². The van der Waals surface area contributed by atoms with Crippen LogP contribution in [0.2, 0.25) is 5.15 Å². The van der Waals surface area contributed by atoms with Crippen molar-refractivity contribution in [1.82, 2.24) is 20.0 Å². The minimum absolute atomic E-state index is 0.000167. The van der Waals surface area contributed by atoms with Gasteiger partial charge in [-0.25, -0.2) is 9.48 Å². The molecule has 2 rings (SSSR count). The molecule has 2 aromatic rings. The lowest BCUT2D eigenvalue weighted by molar-refractivity contribution is 0.0694. The lowest BCUT2D eigenvalue weighted by Gasteiger charge is -2.15. The summed E-state index contributed by atoms with van der Waals surface area (Å²) in [4.78, 5) is 11.4. The fourth-order valence-corrected chi connectivity index (χ4v) is 1.96. The molecule has 0 saturated heterocycles. The highest BCUT2D eigenvalue weighted by Gasteiger charge is 2.30. The molecular weight excluding hydrogens is 268 g/mol. The number of hydrogen-bond acceptors (Lipinski definition) is 4. The van der Waals surface area contributed by atoms with Gasteiger partial charge in [-0.05, 0) is 12.1 Å². The van der Waals surface area contributed by atoms with Crippen LogP contribution in [0.1, 0.15) is 36.8 Å². The fraction of sp³-hybridized carbons (Fsp3) is 0.333. The second kappa shape index (κ2) is 4.62. The number of hydrogen-bond donors (Lipinski definition) is 1. The third kappa shape index (κ3) is 2.44. The van der Waals surface area contributed by atoms with Crippen LogP contribution in [0.5, 0.6) is 0 Å². The Bertz CT molecular complexity index is 617. The molecule has 0 bridgehead atoms. The summed E-state index contributed by atoms with van der Waals surface area (Å²) in [7, 11) is 0. The normalized spacial score (nSPS) is 11.6. The van der Waals surface area contributed by atoms with E-state index in [1.54, 1.807) is 12.1 Å². The van der Waals surface area contributed by atoms with Crippen molar-refractivity contribution in [2.24, 2.45) is 0 Å². The molecule has 1 N–H and O–H groups in total. The van der Waals surface area contributed by atoms with Crippen LogP contribution in [0.15, 0.2) is 18.3 Å². The van der Waals surface area contributed by atoms with Crippen LogP contribution in [-0.2, 0) is 5.41 Å². The van der Waals surface area contributed by atoms with Crippen LogP contribution in [-0.4, -0.2) is 31.1 Å². The first-order valence-electron chi connectivity index (χ1n) is 5.62. The van der Waals surface area contributed by atoms with Gasteiger partial charge in [0.05, 0.1) is 5.69 Å². The van der Waals surface area contributed by atoms with Crippen molar-refractivity contribution in [3.05, 3.63) is 34.7 Å². The van der Waals surface area contributed by atoms with Crippen LogP contribution in [0.3, 0.4) is 0 Å². The summed E-state index contributed by atoms with van der Waals surface area (Å²) in [5, 5.41) is 21.2. The van der Waals surface area contributed by atoms with E-state index in [1.807, 2.05) is 20.8 Å². The Hall–Kier alpha value is -1.95. The lowest BCUT2D eigenvalue weighted by atomic mass is 9.89. The first kappa shape index (κ1) is 13.5. The molecule has 6 nitrogen and oxygen atoms in total. The summed E-state index contributed by atoms with van der Waals surface area (Å²) in [6.45, 7) is 5.62. The minimum Gasteiger partial charge on any atom is -0.478 e. The topological polar surface area (TPSA) is 80.9 Å². The zero-order valence-corrected chi connectivity index (χ0v) is 11.5. The Balaban J connectivity index is 2.70. The number of aromatic nitrogens is 4. The van der Waals surface area contributed by atoms with Gasteiger partial charge in [0.25, 0.3) is 0 Å². The molecule has 0 aliphatic carbocycles. The van der Waals surface area contributed by atoms with Gasteiger partial charge in [0.15, 0.2) is 5.82 Å². The van der Waals surface area contributed by atoms with E-state index in [9.17, 15) is 9.90 Å². The summed E-state index contributed by atoms with van der Waals surface area (Å²) >= 11 is 6.12. The molecule has 0 aromatic carbocycles. The van der Waals surface area contributed by atoms with Crippen molar-refractivity contribution in [2.45, 2.75) is 26.2 Å². The highest BCUT2D eigenvalue weighted by atomic mass is 35.5. The van der Waals surface area contributed by atoms with Crippen LogP contribution < -0.4 is 0 Å². The third-order valence-electron chi connectivity index (χ3n) is 2.53. The van der Waals surface area contributed by atoms with Gasteiger partial charge >= 0.3 is 5.97 Å². The van der Waals surface area contributed by atoms with Crippen LogP contribution in [0, 0.1) is 0 Å². The van der Waals surface area contributed by atoms with E-state index >= 15 is 0 Å². The SMILES string of the molecule is CC(C)(C)c1nn(-c2cccnn2)c(Cl)c1C(=O)O. The van der Waals surface area contributed by atoms with E-state index in [1.165, 1.54) is 10.9 Å². The van der Waals surface area contributed by atoms with Gasteiger partial charge in [-0.2, -0.15) is 10.2 Å². The zero-order valence-electron chi connectivity index (χ0n) is 10.8. The number of nitrogens with zero attached hydrogens (tertiary/aromatic N) is 4. The first-order valence-corrected chi connectivity index (χ1v) is 6.00. The van der Waals surface area contributed by atoms with Crippen LogP contribution in [0.4, 0.5) is 0 Å². The Labute approximate surface area is 115 Å². The van der Waals surface area contributed by atoms with E-state index in [0.717, 1.165) is 0 Å². The van der Waals surface area contributed by atoms with Crippen molar-refractivity contribution in [3.63, 3.8) is 0 Å². The predicted octanol–water partition coefficient (Wildman–Crippen LogP) is 2.31. The van der Waals surface area contributed by atoms with Crippen LogP contribution in [0.25, 0.3) is 5.82 Å². The van der Waals surface area contributed by atoms with Gasteiger partial charge in [0, 0.05) is 11.6 Å². The van der Waals surface area contributed by atoms with E-state index in [2.05, 4.69) is 15.3 Å². The zero-order chi connectivity index (χ0) is 14.2. The summed E-state index contributed by atoms with van der Waals surface area (Å²) < 4.78 is 1.29. The molecule has 0 atom stereocenters. The molecule has 100 valence electrons. The van der Waals surface area contributed by atoms with Gasteiger partial charge in [-0.15, -0.1) is 5.10 Å². The number of carboxylic acid groups (broad SMARTS) is 1. The molecule has 2 aromatic heterocycles. The Morgan fingerprint density at radius 1 is 1.42 bits per heavy atom. The van der Waals surface area contributed by atoms with E-state index in [0.29, 0.717) is 11.5 Å². The van der Waals surface area contributed by atoms with E-state index in [4.69, 9.17) is 11.6 Å². The smallest absolute Gasteiger partial charge is 0.340 e. The predicted molar refractivity (Wildman–Crippen MR) is 69.8 cm³/mol. The summed E-state index contributed by atoms with van der Waals surface area (Å²) in [6, 6.07) is 3.33. The molecule has 0 spiro atoms. The van der Waals surface area contributed by atoms with Crippen LogP contribution >= 0.6 is 11.6 Å². The van der Waals surface area contributed by atoms with Crippen molar-refractivity contribution in [1.29, 1.82) is 0 Å². The Kier molecular flexibility index (Phi) is 3.28.